The molecule has 1 aliphatic carbocycles. The molecule has 0 aliphatic heterocycles. The highest BCUT2D eigenvalue weighted by molar-refractivity contribution is 5.98. The Kier molecular flexibility index (Phi) is 4.55. The Bertz CT molecular complexity index is 471. The molecular weight excluding hydrogens is 240 g/mol. The number of carbonyl (C=O) groups excluding carboxylic acids is 2. The van der Waals surface area contributed by atoms with Crippen LogP contribution in [-0.2, 0) is 0 Å². The van der Waals surface area contributed by atoms with E-state index >= 15 is 0 Å². The lowest BCUT2D eigenvalue weighted by molar-refractivity contribution is 0.0964. The summed E-state index contributed by atoms with van der Waals surface area (Å²) >= 11 is 0. The number of fused-ring (bicyclic) bond motifs is 1. The number of benzene rings is 1. The zero-order valence-corrected chi connectivity index (χ0v) is 11.2. The Morgan fingerprint density at radius 1 is 1.37 bits per heavy atom. The van der Waals surface area contributed by atoms with Crippen LogP contribution in [0.4, 0.5) is 4.79 Å². The van der Waals surface area contributed by atoms with E-state index in [4.69, 9.17) is 0 Å². The van der Waals surface area contributed by atoms with Crippen LogP contribution in [0.15, 0.2) is 24.3 Å². The van der Waals surface area contributed by atoms with Crippen molar-refractivity contribution in [2.75, 3.05) is 6.54 Å². The number of nitrogens with one attached hydrogen (secondary N) is 2. The summed E-state index contributed by atoms with van der Waals surface area (Å²) in [5.74, 6) is 0.167. The number of carbonyl (C=O) groups is 2. The first-order chi connectivity index (χ1) is 9.22. The second-order valence-electron chi connectivity index (χ2n) is 4.86. The summed E-state index contributed by atoms with van der Waals surface area (Å²) < 4.78 is 0. The van der Waals surface area contributed by atoms with Crippen LogP contribution in [0.3, 0.4) is 0 Å². The maximum atomic E-state index is 11.8. The second kappa shape index (κ2) is 6.36. The van der Waals surface area contributed by atoms with Crippen LogP contribution in [0.2, 0.25) is 0 Å². The molecule has 1 aliphatic rings. The lowest BCUT2D eigenvalue weighted by atomic mass is 9.87. The summed E-state index contributed by atoms with van der Waals surface area (Å²) in [6, 6.07) is 7.31. The highest BCUT2D eigenvalue weighted by Gasteiger charge is 2.25. The van der Waals surface area contributed by atoms with Crippen LogP contribution < -0.4 is 10.6 Å². The molecule has 4 heteroatoms. The zero-order valence-electron chi connectivity index (χ0n) is 11.2. The highest BCUT2D eigenvalue weighted by atomic mass is 16.2. The van der Waals surface area contributed by atoms with Gasteiger partial charge in [0.15, 0.2) is 5.78 Å². The molecular formula is C15H20N2O2. The molecule has 2 amide bonds. The van der Waals surface area contributed by atoms with E-state index in [1.165, 1.54) is 0 Å². The largest absolute Gasteiger partial charge is 0.338 e. The van der Waals surface area contributed by atoms with Gasteiger partial charge >= 0.3 is 6.03 Å². The Hall–Kier alpha value is -1.84. The molecule has 0 radical (unpaired) electrons. The zero-order chi connectivity index (χ0) is 13.7. The molecule has 0 bridgehead atoms. The fraction of sp³-hybridized carbons (Fsp3) is 0.467. The molecule has 102 valence electrons. The minimum absolute atomic E-state index is 0.0597. The summed E-state index contributed by atoms with van der Waals surface area (Å²) in [6.07, 6.45) is 3.21. The topological polar surface area (TPSA) is 58.2 Å². The average molecular weight is 260 g/mol. The maximum Gasteiger partial charge on any atom is 0.315 e. The van der Waals surface area contributed by atoms with Crippen molar-refractivity contribution < 1.29 is 9.59 Å². The number of amides is 2. The third-order valence-electron chi connectivity index (χ3n) is 3.42. The van der Waals surface area contributed by atoms with Gasteiger partial charge in [0.1, 0.15) is 0 Å². The molecule has 2 N–H and O–H groups in total. The number of unbranched alkanes of at least 4 members (excludes halogenated alkanes) is 1. The molecule has 4 nitrogen and oxygen atoms in total. The van der Waals surface area contributed by atoms with Crippen LogP contribution >= 0.6 is 0 Å². The van der Waals surface area contributed by atoms with E-state index in [1.54, 1.807) is 0 Å². The number of ketones is 1. The van der Waals surface area contributed by atoms with Crippen LogP contribution in [0.1, 0.15) is 54.6 Å². The standard InChI is InChI=1S/C15H20N2O2/c1-2-3-10-16-15(19)17-13-8-9-14(18)12-7-5-4-6-11(12)13/h4-7,13H,2-3,8-10H2,1H3,(H2,16,17,19). The van der Waals surface area contributed by atoms with Gasteiger partial charge in [-0.2, -0.15) is 0 Å². The fourth-order valence-corrected chi connectivity index (χ4v) is 2.36. The number of rotatable bonds is 4. The van der Waals surface area contributed by atoms with E-state index < -0.39 is 0 Å². The normalized spacial score (nSPS) is 17.7. The van der Waals surface area contributed by atoms with Crippen molar-refractivity contribution in [2.45, 2.75) is 38.6 Å². The van der Waals surface area contributed by atoms with Crippen LogP contribution in [0, 0.1) is 0 Å². The van der Waals surface area contributed by atoms with Crippen molar-refractivity contribution in [3.8, 4) is 0 Å². The monoisotopic (exact) mass is 260 g/mol. The van der Waals surface area contributed by atoms with Gasteiger partial charge in [-0.1, -0.05) is 37.6 Å². The van der Waals surface area contributed by atoms with E-state index in [1.807, 2.05) is 24.3 Å². The number of urea groups is 1. The van der Waals surface area contributed by atoms with E-state index in [-0.39, 0.29) is 17.9 Å². The summed E-state index contributed by atoms with van der Waals surface area (Å²) in [6.45, 7) is 2.78. The predicted molar refractivity (Wildman–Crippen MR) is 74.2 cm³/mol. The quantitative estimate of drug-likeness (QED) is 0.818. The third-order valence-corrected chi connectivity index (χ3v) is 3.42. The Morgan fingerprint density at radius 2 is 2.16 bits per heavy atom. The molecule has 0 aromatic heterocycles. The summed E-state index contributed by atoms with van der Waals surface area (Å²) in [4.78, 5) is 23.6. The summed E-state index contributed by atoms with van der Waals surface area (Å²) in [5.41, 5.74) is 1.68. The smallest absolute Gasteiger partial charge is 0.315 e. The third kappa shape index (κ3) is 3.34. The van der Waals surface area contributed by atoms with Gasteiger partial charge < -0.3 is 10.6 Å². The lowest BCUT2D eigenvalue weighted by Gasteiger charge is -2.25. The molecule has 0 heterocycles. The van der Waals surface area contributed by atoms with Gasteiger partial charge in [-0.15, -0.1) is 0 Å². The van der Waals surface area contributed by atoms with Crippen molar-refractivity contribution in [1.29, 1.82) is 0 Å². The van der Waals surface area contributed by atoms with Gasteiger partial charge in [-0.25, -0.2) is 4.79 Å². The highest BCUT2D eigenvalue weighted by Crippen LogP contribution is 2.29. The van der Waals surface area contributed by atoms with Crippen molar-refractivity contribution in [3.05, 3.63) is 35.4 Å². The molecule has 1 atom stereocenters. The van der Waals surface area contributed by atoms with E-state index in [0.29, 0.717) is 19.4 Å². The minimum Gasteiger partial charge on any atom is -0.338 e. The van der Waals surface area contributed by atoms with Gasteiger partial charge in [0, 0.05) is 18.5 Å². The molecule has 19 heavy (non-hydrogen) atoms. The molecule has 0 saturated heterocycles. The molecule has 1 aromatic rings. The molecule has 0 spiro atoms. The SMILES string of the molecule is CCCCNC(=O)NC1CCC(=O)c2ccccc21. The average Bonchev–Trinajstić information content (AvgIpc) is 2.43. The predicted octanol–water partition coefficient (Wildman–Crippen LogP) is 2.80. The van der Waals surface area contributed by atoms with Crippen molar-refractivity contribution in [3.63, 3.8) is 0 Å². The molecule has 0 fully saturated rings. The first kappa shape index (κ1) is 13.6. The van der Waals surface area contributed by atoms with Crippen LogP contribution in [-0.4, -0.2) is 18.4 Å². The van der Waals surface area contributed by atoms with Gasteiger partial charge in [0.25, 0.3) is 0 Å². The molecule has 1 aromatic carbocycles. The Labute approximate surface area is 113 Å². The van der Waals surface area contributed by atoms with E-state index in [2.05, 4.69) is 17.6 Å². The van der Waals surface area contributed by atoms with Crippen molar-refractivity contribution in [2.24, 2.45) is 0 Å². The van der Waals surface area contributed by atoms with Gasteiger partial charge in [-0.05, 0) is 18.4 Å². The van der Waals surface area contributed by atoms with E-state index in [9.17, 15) is 9.59 Å². The van der Waals surface area contributed by atoms with Gasteiger partial charge in [0.2, 0.25) is 0 Å². The van der Waals surface area contributed by atoms with Crippen molar-refractivity contribution >= 4 is 11.8 Å². The van der Waals surface area contributed by atoms with E-state index in [0.717, 1.165) is 24.0 Å². The van der Waals surface area contributed by atoms with Crippen LogP contribution in [0.25, 0.3) is 0 Å². The Balaban J connectivity index is 2.00. The number of hydrogen-bond acceptors (Lipinski definition) is 2. The molecule has 1 unspecified atom stereocenters. The second-order valence-corrected chi connectivity index (χ2v) is 4.86. The molecule has 0 saturated carbocycles. The van der Waals surface area contributed by atoms with Gasteiger partial charge in [-0.3, -0.25) is 4.79 Å². The summed E-state index contributed by atoms with van der Waals surface area (Å²) in [7, 11) is 0. The molecule has 2 rings (SSSR count). The Morgan fingerprint density at radius 3 is 2.95 bits per heavy atom. The summed E-state index contributed by atoms with van der Waals surface area (Å²) in [5, 5.41) is 5.79. The number of hydrogen-bond donors (Lipinski definition) is 2. The first-order valence-electron chi connectivity index (χ1n) is 6.89. The fourth-order valence-electron chi connectivity index (χ4n) is 2.36. The number of Topliss-reactive ketones (excluding diaryl/α,β-unsaturated/α-hetero) is 1. The van der Waals surface area contributed by atoms with Crippen LogP contribution in [0.5, 0.6) is 0 Å². The first-order valence-corrected chi connectivity index (χ1v) is 6.89. The maximum absolute atomic E-state index is 11.8. The lowest BCUT2D eigenvalue weighted by Crippen LogP contribution is -2.40. The van der Waals surface area contributed by atoms with Crippen molar-refractivity contribution in [1.82, 2.24) is 10.6 Å². The van der Waals surface area contributed by atoms with Gasteiger partial charge in [0.05, 0.1) is 6.04 Å². The minimum atomic E-state index is -0.150.